The van der Waals surface area contributed by atoms with Crippen LogP contribution < -0.4 is 4.74 Å². The molecule has 0 saturated heterocycles. The lowest BCUT2D eigenvalue weighted by Gasteiger charge is -2.02. The van der Waals surface area contributed by atoms with E-state index in [-0.39, 0.29) is 17.0 Å². The van der Waals surface area contributed by atoms with Crippen molar-refractivity contribution in [1.82, 2.24) is 9.97 Å². The van der Waals surface area contributed by atoms with Crippen LogP contribution in [0.3, 0.4) is 0 Å². The monoisotopic (exact) mass is 226 g/mol. The minimum atomic E-state index is -0.253. The molecule has 1 heterocycles. The maximum Gasteiger partial charge on any atom is 0.312 e. The molecule has 0 radical (unpaired) electrons. The highest BCUT2D eigenvalue weighted by Gasteiger charge is 2.22. The van der Waals surface area contributed by atoms with E-state index in [1.807, 2.05) is 0 Å². The van der Waals surface area contributed by atoms with Gasteiger partial charge in [0.05, 0.1) is 0 Å². The molecule has 1 saturated carbocycles. The maximum atomic E-state index is 11.3. The lowest BCUT2D eigenvalue weighted by Crippen LogP contribution is -2.09. The Morgan fingerprint density at radius 3 is 3.00 bits per heavy atom. The van der Waals surface area contributed by atoms with Crippen LogP contribution in [0.25, 0.3) is 0 Å². The molecule has 0 spiro atoms. The van der Waals surface area contributed by atoms with Crippen molar-refractivity contribution >= 4 is 17.6 Å². The first-order valence-electron chi connectivity index (χ1n) is 4.92. The molecule has 5 heteroatoms. The van der Waals surface area contributed by atoms with E-state index in [0.717, 1.165) is 12.3 Å². The fraction of sp³-hybridized carbons (Fsp3) is 0.500. The van der Waals surface area contributed by atoms with Crippen molar-refractivity contribution in [3.63, 3.8) is 0 Å². The smallest absolute Gasteiger partial charge is 0.312 e. The Morgan fingerprint density at radius 1 is 1.53 bits per heavy atom. The third-order valence-electron chi connectivity index (χ3n) is 2.28. The molecule has 0 N–H and O–H groups in total. The standard InChI is InChI=1S/C10H11ClN2O2/c11-8-5-9(13-6-12-8)15-10(14)4-3-7-1-2-7/h5-7H,1-4H2. The summed E-state index contributed by atoms with van der Waals surface area (Å²) in [5, 5.41) is 0.273. The highest BCUT2D eigenvalue weighted by molar-refractivity contribution is 6.29. The molecule has 0 unspecified atom stereocenters. The van der Waals surface area contributed by atoms with E-state index in [9.17, 15) is 4.79 Å². The van der Waals surface area contributed by atoms with Gasteiger partial charge in [-0.05, 0) is 12.3 Å². The van der Waals surface area contributed by atoms with E-state index in [1.165, 1.54) is 25.2 Å². The molecule has 15 heavy (non-hydrogen) atoms. The van der Waals surface area contributed by atoms with Crippen molar-refractivity contribution in [3.05, 3.63) is 17.5 Å². The number of ether oxygens (including phenoxy) is 1. The van der Waals surface area contributed by atoms with Crippen molar-refractivity contribution in [2.24, 2.45) is 5.92 Å². The van der Waals surface area contributed by atoms with Crippen LogP contribution in [0.5, 0.6) is 5.88 Å². The number of esters is 1. The van der Waals surface area contributed by atoms with Gasteiger partial charge in [0.15, 0.2) is 0 Å². The Balaban J connectivity index is 1.81. The summed E-state index contributed by atoms with van der Waals surface area (Å²) >= 11 is 5.62. The third-order valence-corrected chi connectivity index (χ3v) is 2.49. The summed E-state index contributed by atoms with van der Waals surface area (Å²) in [6.45, 7) is 0. The normalized spacial score (nSPS) is 15.0. The first-order valence-corrected chi connectivity index (χ1v) is 5.30. The molecular formula is C10H11ClN2O2. The van der Waals surface area contributed by atoms with E-state index < -0.39 is 0 Å². The molecule has 0 bridgehead atoms. The van der Waals surface area contributed by atoms with E-state index in [1.54, 1.807) is 0 Å². The summed E-state index contributed by atoms with van der Waals surface area (Å²) in [6.07, 6.45) is 5.12. The molecule has 4 nitrogen and oxygen atoms in total. The average Bonchev–Trinajstić information content (AvgIpc) is 2.98. The SMILES string of the molecule is O=C(CCC1CC1)Oc1cc(Cl)ncn1. The molecule has 1 aromatic heterocycles. The maximum absolute atomic E-state index is 11.3. The summed E-state index contributed by atoms with van der Waals surface area (Å²) in [7, 11) is 0. The molecule has 1 aliphatic rings. The van der Waals surface area contributed by atoms with Crippen LogP contribution in [0, 0.1) is 5.92 Å². The Bertz CT molecular complexity index is 366. The van der Waals surface area contributed by atoms with E-state index in [0.29, 0.717) is 6.42 Å². The molecule has 0 atom stereocenters. The van der Waals surface area contributed by atoms with Gasteiger partial charge in [0.1, 0.15) is 11.5 Å². The zero-order chi connectivity index (χ0) is 10.7. The predicted octanol–water partition coefficient (Wildman–Crippen LogP) is 2.23. The Kier molecular flexibility index (Phi) is 3.16. The van der Waals surface area contributed by atoms with Crippen LogP contribution in [0.2, 0.25) is 5.15 Å². The van der Waals surface area contributed by atoms with Gasteiger partial charge in [-0.3, -0.25) is 4.79 Å². The van der Waals surface area contributed by atoms with Gasteiger partial charge in [0.25, 0.3) is 0 Å². The number of hydrogen-bond acceptors (Lipinski definition) is 4. The van der Waals surface area contributed by atoms with Gasteiger partial charge in [0, 0.05) is 12.5 Å². The second-order valence-corrected chi connectivity index (χ2v) is 4.02. The van der Waals surface area contributed by atoms with E-state index in [4.69, 9.17) is 16.3 Å². The summed E-state index contributed by atoms with van der Waals surface area (Å²) in [5.41, 5.74) is 0. The van der Waals surface area contributed by atoms with E-state index in [2.05, 4.69) is 9.97 Å². The van der Waals surface area contributed by atoms with Crippen LogP contribution in [-0.2, 0) is 4.79 Å². The van der Waals surface area contributed by atoms with Crippen molar-refractivity contribution in [1.29, 1.82) is 0 Å². The van der Waals surface area contributed by atoms with Gasteiger partial charge >= 0.3 is 5.97 Å². The highest BCUT2D eigenvalue weighted by Crippen LogP contribution is 2.33. The van der Waals surface area contributed by atoms with Crippen LogP contribution in [-0.4, -0.2) is 15.9 Å². The quantitative estimate of drug-likeness (QED) is 0.584. The number of aromatic nitrogens is 2. The summed E-state index contributed by atoms with van der Waals surface area (Å²) in [5.74, 6) is 0.694. The first kappa shape index (κ1) is 10.4. The third kappa shape index (κ3) is 3.47. The summed E-state index contributed by atoms with van der Waals surface area (Å²) in [6, 6.07) is 1.43. The van der Waals surface area contributed by atoms with Gasteiger partial charge < -0.3 is 4.74 Å². The molecule has 80 valence electrons. The lowest BCUT2D eigenvalue weighted by atomic mass is 10.2. The zero-order valence-electron chi connectivity index (χ0n) is 8.15. The first-order chi connectivity index (χ1) is 7.24. The largest absolute Gasteiger partial charge is 0.407 e. The Morgan fingerprint density at radius 2 is 2.33 bits per heavy atom. The fourth-order valence-corrected chi connectivity index (χ4v) is 1.41. The predicted molar refractivity (Wildman–Crippen MR) is 54.6 cm³/mol. The number of carbonyl (C=O) groups is 1. The molecule has 1 aliphatic carbocycles. The number of carbonyl (C=O) groups excluding carboxylic acids is 1. The highest BCUT2D eigenvalue weighted by atomic mass is 35.5. The van der Waals surface area contributed by atoms with Crippen molar-refractivity contribution in [3.8, 4) is 5.88 Å². The second kappa shape index (κ2) is 4.57. The molecule has 0 amide bonds. The lowest BCUT2D eigenvalue weighted by molar-refractivity contribution is -0.134. The van der Waals surface area contributed by atoms with Crippen molar-refractivity contribution in [2.45, 2.75) is 25.7 Å². The van der Waals surface area contributed by atoms with Gasteiger partial charge in [0.2, 0.25) is 5.88 Å². The zero-order valence-corrected chi connectivity index (χ0v) is 8.91. The summed E-state index contributed by atoms with van der Waals surface area (Å²) in [4.78, 5) is 18.8. The minimum Gasteiger partial charge on any atom is -0.407 e. The van der Waals surface area contributed by atoms with Crippen LogP contribution in [0.15, 0.2) is 12.4 Å². The van der Waals surface area contributed by atoms with Crippen LogP contribution >= 0.6 is 11.6 Å². The number of hydrogen-bond donors (Lipinski definition) is 0. The fourth-order valence-electron chi connectivity index (χ4n) is 1.27. The number of halogens is 1. The topological polar surface area (TPSA) is 52.1 Å². The second-order valence-electron chi connectivity index (χ2n) is 3.64. The molecule has 1 fully saturated rings. The Labute approximate surface area is 92.6 Å². The minimum absolute atomic E-state index is 0.218. The van der Waals surface area contributed by atoms with Crippen LogP contribution in [0.4, 0.5) is 0 Å². The molecular weight excluding hydrogens is 216 g/mol. The van der Waals surface area contributed by atoms with Crippen LogP contribution in [0.1, 0.15) is 25.7 Å². The van der Waals surface area contributed by atoms with Crippen molar-refractivity contribution < 1.29 is 9.53 Å². The Hall–Kier alpha value is -1.16. The van der Waals surface area contributed by atoms with Gasteiger partial charge in [-0.1, -0.05) is 24.4 Å². The van der Waals surface area contributed by atoms with E-state index >= 15 is 0 Å². The molecule has 0 aromatic carbocycles. The molecule has 2 rings (SSSR count). The summed E-state index contributed by atoms with van der Waals surface area (Å²) < 4.78 is 5.00. The number of rotatable bonds is 4. The van der Waals surface area contributed by atoms with Crippen molar-refractivity contribution in [2.75, 3.05) is 0 Å². The van der Waals surface area contributed by atoms with Gasteiger partial charge in [-0.2, -0.15) is 0 Å². The molecule has 0 aliphatic heterocycles. The number of nitrogens with zero attached hydrogens (tertiary/aromatic N) is 2. The van der Waals surface area contributed by atoms with Gasteiger partial charge in [-0.15, -0.1) is 0 Å². The van der Waals surface area contributed by atoms with Gasteiger partial charge in [-0.25, -0.2) is 9.97 Å². The molecule has 1 aromatic rings. The average molecular weight is 227 g/mol.